The minimum atomic E-state index is 0.825. The van der Waals surface area contributed by atoms with E-state index in [2.05, 4.69) is 39.2 Å². The lowest BCUT2D eigenvalue weighted by Gasteiger charge is -2.11. The van der Waals surface area contributed by atoms with Crippen LogP contribution in [0.2, 0.25) is 0 Å². The first-order valence-electron chi connectivity index (χ1n) is 5.85. The van der Waals surface area contributed by atoms with E-state index in [1.165, 1.54) is 11.8 Å². The molecular weight excluding hydrogens is 248 g/mol. The first-order chi connectivity index (χ1) is 8.76. The standard InChI is InChI=1S/C11H16N6S/c1-4-8-9(12-5-2)13-6-14-10(8)18-11-15-7-16-17(11)3/h6-7H,4-5H2,1-3H3,(H,12,13,14). The molecule has 7 heteroatoms. The molecular formula is C11H16N6S. The van der Waals surface area contributed by atoms with E-state index in [1.807, 2.05) is 7.05 Å². The van der Waals surface area contributed by atoms with Crippen LogP contribution in [0.25, 0.3) is 0 Å². The highest BCUT2D eigenvalue weighted by molar-refractivity contribution is 7.99. The van der Waals surface area contributed by atoms with Crippen LogP contribution in [0.5, 0.6) is 0 Å². The molecule has 1 N–H and O–H groups in total. The van der Waals surface area contributed by atoms with Crippen molar-refractivity contribution < 1.29 is 0 Å². The Labute approximate surface area is 110 Å². The van der Waals surface area contributed by atoms with Crippen LogP contribution in [0, 0.1) is 0 Å². The molecule has 6 nitrogen and oxygen atoms in total. The van der Waals surface area contributed by atoms with Gasteiger partial charge in [0.2, 0.25) is 0 Å². The van der Waals surface area contributed by atoms with Gasteiger partial charge in [0, 0.05) is 19.2 Å². The van der Waals surface area contributed by atoms with Crippen molar-refractivity contribution in [1.82, 2.24) is 24.7 Å². The molecule has 0 aliphatic carbocycles. The summed E-state index contributed by atoms with van der Waals surface area (Å²) in [5.41, 5.74) is 1.12. The Morgan fingerprint density at radius 3 is 2.67 bits per heavy atom. The Morgan fingerprint density at radius 2 is 2.06 bits per heavy atom. The maximum Gasteiger partial charge on any atom is 0.192 e. The number of anilines is 1. The molecule has 0 unspecified atom stereocenters. The van der Waals surface area contributed by atoms with Crippen LogP contribution >= 0.6 is 11.8 Å². The van der Waals surface area contributed by atoms with Gasteiger partial charge in [0.15, 0.2) is 5.16 Å². The summed E-state index contributed by atoms with van der Waals surface area (Å²) in [6.45, 7) is 5.00. The Morgan fingerprint density at radius 1 is 1.22 bits per heavy atom. The molecule has 0 aliphatic rings. The molecule has 18 heavy (non-hydrogen) atoms. The molecule has 0 spiro atoms. The Hall–Kier alpha value is -1.63. The van der Waals surface area contributed by atoms with E-state index in [1.54, 1.807) is 17.3 Å². The van der Waals surface area contributed by atoms with Gasteiger partial charge in [-0.15, -0.1) is 0 Å². The van der Waals surface area contributed by atoms with Crippen LogP contribution in [0.3, 0.4) is 0 Å². The number of aryl methyl sites for hydroxylation is 1. The summed E-state index contributed by atoms with van der Waals surface area (Å²) in [5, 5.41) is 9.06. The first-order valence-corrected chi connectivity index (χ1v) is 6.67. The molecule has 0 fully saturated rings. The zero-order chi connectivity index (χ0) is 13.0. The summed E-state index contributed by atoms with van der Waals surface area (Å²) < 4.78 is 1.74. The van der Waals surface area contributed by atoms with Gasteiger partial charge < -0.3 is 5.32 Å². The average Bonchev–Trinajstić information content (AvgIpc) is 2.76. The molecule has 0 amide bonds. The van der Waals surface area contributed by atoms with Crippen molar-refractivity contribution in [3.05, 3.63) is 18.2 Å². The normalized spacial score (nSPS) is 10.6. The van der Waals surface area contributed by atoms with Gasteiger partial charge in [-0.05, 0) is 25.1 Å². The van der Waals surface area contributed by atoms with Crippen molar-refractivity contribution >= 4 is 17.6 Å². The summed E-state index contributed by atoms with van der Waals surface area (Å²) in [4.78, 5) is 12.8. The van der Waals surface area contributed by atoms with Gasteiger partial charge in [-0.1, -0.05) is 6.92 Å². The van der Waals surface area contributed by atoms with E-state index in [-0.39, 0.29) is 0 Å². The van der Waals surface area contributed by atoms with Gasteiger partial charge >= 0.3 is 0 Å². The summed E-state index contributed by atoms with van der Waals surface area (Å²) in [5.74, 6) is 0.902. The van der Waals surface area contributed by atoms with Crippen LogP contribution in [0.4, 0.5) is 5.82 Å². The molecule has 0 saturated carbocycles. The highest BCUT2D eigenvalue weighted by Gasteiger charge is 2.12. The highest BCUT2D eigenvalue weighted by Crippen LogP contribution is 2.29. The number of aromatic nitrogens is 5. The molecule has 0 saturated heterocycles. The summed E-state index contributed by atoms with van der Waals surface area (Å²) in [7, 11) is 1.87. The lowest BCUT2D eigenvalue weighted by atomic mass is 10.2. The molecule has 0 aromatic carbocycles. The van der Waals surface area contributed by atoms with Gasteiger partial charge in [0.1, 0.15) is 23.5 Å². The second-order valence-corrected chi connectivity index (χ2v) is 4.61. The lowest BCUT2D eigenvalue weighted by molar-refractivity contribution is 0.684. The van der Waals surface area contributed by atoms with E-state index < -0.39 is 0 Å². The molecule has 0 bridgehead atoms. The van der Waals surface area contributed by atoms with Crippen LogP contribution in [-0.2, 0) is 13.5 Å². The fraction of sp³-hybridized carbons (Fsp3) is 0.455. The molecule has 0 radical (unpaired) electrons. The third-order valence-corrected chi connectivity index (χ3v) is 3.56. The van der Waals surface area contributed by atoms with Crippen molar-refractivity contribution in [1.29, 1.82) is 0 Å². The predicted molar refractivity (Wildman–Crippen MR) is 70.7 cm³/mol. The van der Waals surface area contributed by atoms with Crippen molar-refractivity contribution in [2.45, 2.75) is 30.5 Å². The Bertz CT molecular complexity index is 524. The third kappa shape index (κ3) is 2.61. The summed E-state index contributed by atoms with van der Waals surface area (Å²) >= 11 is 1.51. The maximum absolute atomic E-state index is 4.34. The molecule has 96 valence electrons. The van der Waals surface area contributed by atoms with E-state index in [0.29, 0.717) is 0 Å². The fourth-order valence-electron chi connectivity index (χ4n) is 1.59. The maximum atomic E-state index is 4.34. The third-order valence-electron chi connectivity index (χ3n) is 2.46. The van der Waals surface area contributed by atoms with Crippen LogP contribution in [-0.4, -0.2) is 31.3 Å². The van der Waals surface area contributed by atoms with Crippen LogP contribution in [0.1, 0.15) is 19.4 Å². The number of nitrogens with zero attached hydrogens (tertiary/aromatic N) is 5. The first kappa shape index (κ1) is 12.8. The number of hydrogen-bond donors (Lipinski definition) is 1. The minimum absolute atomic E-state index is 0.825. The van der Waals surface area contributed by atoms with E-state index in [0.717, 1.165) is 34.5 Å². The van der Waals surface area contributed by atoms with E-state index >= 15 is 0 Å². The second-order valence-electron chi connectivity index (χ2n) is 3.66. The fourth-order valence-corrected chi connectivity index (χ4v) is 2.50. The summed E-state index contributed by atoms with van der Waals surface area (Å²) in [6, 6.07) is 0. The minimum Gasteiger partial charge on any atom is -0.370 e. The smallest absolute Gasteiger partial charge is 0.192 e. The highest BCUT2D eigenvalue weighted by atomic mass is 32.2. The van der Waals surface area contributed by atoms with Gasteiger partial charge in [0.05, 0.1) is 0 Å². The molecule has 0 atom stereocenters. The largest absolute Gasteiger partial charge is 0.370 e. The SMILES string of the molecule is CCNc1ncnc(Sc2ncnn2C)c1CC. The van der Waals surface area contributed by atoms with Crippen LogP contribution < -0.4 is 5.32 Å². The molecule has 2 rings (SSSR count). The van der Waals surface area contributed by atoms with Crippen molar-refractivity contribution in [3.8, 4) is 0 Å². The molecule has 2 heterocycles. The topological polar surface area (TPSA) is 68.5 Å². The second kappa shape index (κ2) is 5.81. The van der Waals surface area contributed by atoms with Crippen molar-refractivity contribution in [2.24, 2.45) is 7.05 Å². The molecule has 2 aromatic rings. The monoisotopic (exact) mass is 264 g/mol. The molecule has 2 aromatic heterocycles. The van der Waals surface area contributed by atoms with Gasteiger partial charge in [-0.2, -0.15) is 5.10 Å². The number of hydrogen-bond acceptors (Lipinski definition) is 6. The van der Waals surface area contributed by atoms with Gasteiger partial charge in [-0.3, -0.25) is 0 Å². The zero-order valence-electron chi connectivity index (χ0n) is 10.7. The molecule has 0 aliphatic heterocycles. The van der Waals surface area contributed by atoms with E-state index in [9.17, 15) is 0 Å². The van der Waals surface area contributed by atoms with Crippen LogP contribution in [0.15, 0.2) is 22.8 Å². The quantitative estimate of drug-likeness (QED) is 0.830. The van der Waals surface area contributed by atoms with Gasteiger partial charge in [-0.25, -0.2) is 19.6 Å². The van der Waals surface area contributed by atoms with Gasteiger partial charge in [0.25, 0.3) is 0 Å². The Kier molecular flexibility index (Phi) is 4.14. The average molecular weight is 264 g/mol. The lowest BCUT2D eigenvalue weighted by Crippen LogP contribution is -2.05. The Balaban J connectivity index is 2.32. The predicted octanol–water partition coefficient (Wildman–Crippen LogP) is 1.75. The number of nitrogens with one attached hydrogen (secondary N) is 1. The summed E-state index contributed by atoms with van der Waals surface area (Å²) in [6.07, 6.45) is 4.00. The van der Waals surface area contributed by atoms with E-state index in [4.69, 9.17) is 0 Å². The number of rotatable bonds is 5. The van der Waals surface area contributed by atoms with Crippen molar-refractivity contribution in [2.75, 3.05) is 11.9 Å². The zero-order valence-corrected chi connectivity index (χ0v) is 11.5. The van der Waals surface area contributed by atoms with Crippen molar-refractivity contribution in [3.63, 3.8) is 0 Å².